The molecule has 0 aliphatic heterocycles. The van der Waals surface area contributed by atoms with Crippen LogP contribution >= 0.6 is 0 Å². The van der Waals surface area contributed by atoms with E-state index >= 15 is 0 Å². The summed E-state index contributed by atoms with van der Waals surface area (Å²) in [5.74, 6) is -0.850. The molecule has 3 rings (SSSR count). The molecule has 0 aliphatic carbocycles. The molecule has 1 amide bonds. The second-order valence-corrected chi connectivity index (χ2v) is 10.2. The number of rotatable bonds is 16. The van der Waals surface area contributed by atoms with Crippen molar-refractivity contribution in [3.05, 3.63) is 94.7 Å². The number of anilines is 1. The Bertz CT molecular complexity index is 1200. The van der Waals surface area contributed by atoms with E-state index in [4.69, 9.17) is 0 Å². The maximum Gasteiger partial charge on any atom is 0.224 e. The average molecular weight is 553 g/mol. The number of nitrogens with zero attached hydrogens (tertiary/aromatic N) is 2. The summed E-state index contributed by atoms with van der Waals surface area (Å²) < 4.78 is 27.8. The lowest BCUT2D eigenvalue weighted by atomic mass is 10.00. The van der Waals surface area contributed by atoms with Crippen LogP contribution in [0.15, 0.2) is 60.8 Å². The molecule has 8 heteroatoms. The Balaban J connectivity index is 1.69. The van der Waals surface area contributed by atoms with E-state index in [0.29, 0.717) is 12.1 Å². The molecule has 0 radical (unpaired) electrons. The molecule has 0 bridgehead atoms. The Morgan fingerprint density at radius 3 is 2.30 bits per heavy atom. The number of halogens is 2. The third-order valence-electron chi connectivity index (χ3n) is 6.76. The number of amides is 1. The third kappa shape index (κ3) is 9.99. The quantitative estimate of drug-likeness (QED) is 0.234. The van der Waals surface area contributed by atoms with E-state index in [9.17, 15) is 18.7 Å². The maximum atomic E-state index is 13.9. The van der Waals surface area contributed by atoms with E-state index < -0.39 is 23.8 Å². The first kappa shape index (κ1) is 31.2. The summed E-state index contributed by atoms with van der Waals surface area (Å²) in [6, 6.07) is 14.4. The number of nitrogens with one attached hydrogen (secondary N) is 2. The van der Waals surface area contributed by atoms with E-state index in [1.807, 2.05) is 18.2 Å². The molecular formula is C32H42F2N4O2. The van der Waals surface area contributed by atoms with Crippen LogP contribution in [0, 0.1) is 11.6 Å². The molecule has 2 aromatic carbocycles. The van der Waals surface area contributed by atoms with Crippen LogP contribution in [0.4, 0.5) is 14.6 Å². The highest BCUT2D eigenvalue weighted by atomic mass is 19.1. The first-order valence-corrected chi connectivity index (χ1v) is 14.2. The second kappa shape index (κ2) is 16.0. The fraction of sp³-hybridized carbons (Fsp3) is 0.438. The Morgan fingerprint density at radius 1 is 0.925 bits per heavy atom. The van der Waals surface area contributed by atoms with Gasteiger partial charge in [0.2, 0.25) is 5.91 Å². The Kier molecular flexibility index (Phi) is 12.5. The number of benzene rings is 2. The van der Waals surface area contributed by atoms with Gasteiger partial charge < -0.3 is 20.6 Å². The highest BCUT2D eigenvalue weighted by Crippen LogP contribution is 2.16. The summed E-state index contributed by atoms with van der Waals surface area (Å²) in [4.78, 5) is 19.8. The lowest BCUT2D eigenvalue weighted by Crippen LogP contribution is -2.49. The summed E-state index contributed by atoms with van der Waals surface area (Å²) in [5, 5.41) is 17.2. The van der Waals surface area contributed by atoms with Gasteiger partial charge in [-0.25, -0.2) is 13.8 Å². The van der Waals surface area contributed by atoms with Crippen molar-refractivity contribution in [3.63, 3.8) is 0 Å². The van der Waals surface area contributed by atoms with E-state index in [1.165, 1.54) is 17.7 Å². The molecule has 0 saturated carbocycles. The van der Waals surface area contributed by atoms with Gasteiger partial charge in [0.1, 0.15) is 17.5 Å². The van der Waals surface area contributed by atoms with Gasteiger partial charge in [0, 0.05) is 38.4 Å². The minimum Gasteiger partial charge on any atom is -0.390 e. The summed E-state index contributed by atoms with van der Waals surface area (Å²) in [6.45, 7) is 8.83. The average Bonchev–Trinajstić information content (AvgIpc) is 2.92. The fourth-order valence-corrected chi connectivity index (χ4v) is 4.80. The van der Waals surface area contributed by atoms with Crippen molar-refractivity contribution in [2.75, 3.05) is 24.5 Å². The van der Waals surface area contributed by atoms with Gasteiger partial charge >= 0.3 is 0 Å². The molecule has 2 unspecified atom stereocenters. The normalized spacial score (nSPS) is 12.7. The molecule has 3 N–H and O–H groups in total. The molecule has 6 nitrogen and oxygen atoms in total. The third-order valence-corrected chi connectivity index (χ3v) is 6.76. The molecule has 2 atom stereocenters. The van der Waals surface area contributed by atoms with Crippen molar-refractivity contribution in [2.24, 2.45) is 0 Å². The zero-order chi connectivity index (χ0) is 28.9. The van der Waals surface area contributed by atoms with Gasteiger partial charge in [-0.15, -0.1) is 0 Å². The first-order valence-electron chi connectivity index (χ1n) is 14.2. The summed E-state index contributed by atoms with van der Waals surface area (Å²) in [5.41, 5.74) is 3.48. The van der Waals surface area contributed by atoms with Crippen LogP contribution in [0.3, 0.4) is 0 Å². The predicted octanol–water partition coefficient (Wildman–Crippen LogP) is 4.97. The lowest BCUT2D eigenvalue weighted by Gasteiger charge is -2.25. The standard InChI is InChI=1S/C32H42F2N4O2/c1-4-12-38(13-5-2)31-18-24(10-11-36-31)19-32(40)37-29(17-26-15-27(33)20-28(34)16-26)30(39)22-35-21-25-9-7-8-23(6-3)14-25/h7-11,14-16,18,20,29-30,35,39H,4-6,12-13,17,19,21-22H2,1-3H3,(H,37,40). The van der Waals surface area contributed by atoms with Gasteiger partial charge in [-0.05, 0) is 72.2 Å². The molecule has 1 aromatic heterocycles. The largest absolute Gasteiger partial charge is 0.390 e. The molecule has 3 aromatic rings. The van der Waals surface area contributed by atoms with Crippen molar-refractivity contribution >= 4 is 11.7 Å². The van der Waals surface area contributed by atoms with E-state index in [1.54, 1.807) is 12.3 Å². The number of aromatic nitrogens is 1. The van der Waals surface area contributed by atoms with E-state index in [2.05, 4.69) is 53.4 Å². The summed E-state index contributed by atoms with van der Waals surface area (Å²) in [7, 11) is 0. The van der Waals surface area contributed by atoms with Crippen LogP contribution in [-0.2, 0) is 30.6 Å². The van der Waals surface area contributed by atoms with Crippen molar-refractivity contribution in [3.8, 4) is 0 Å². The van der Waals surface area contributed by atoms with Crippen LogP contribution in [0.5, 0.6) is 0 Å². The molecule has 40 heavy (non-hydrogen) atoms. The summed E-state index contributed by atoms with van der Waals surface area (Å²) in [6.07, 6.45) is 3.81. The van der Waals surface area contributed by atoms with Gasteiger partial charge in [0.05, 0.1) is 18.6 Å². The Morgan fingerprint density at radius 2 is 1.62 bits per heavy atom. The fourth-order valence-electron chi connectivity index (χ4n) is 4.80. The number of aliphatic hydroxyl groups is 1. The molecule has 216 valence electrons. The monoisotopic (exact) mass is 552 g/mol. The summed E-state index contributed by atoms with van der Waals surface area (Å²) >= 11 is 0. The van der Waals surface area contributed by atoms with Gasteiger partial charge in [-0.3, -0.25) is 4.79 Å². The molecule has 1 heterocycles. The zero-order valence-electron chi connectivity index (χ0n) is 23.8. The number of pyridine rings is 1. The lowest BCUT2D eigenvalue weighted by molar-refractivity contribution is -0.122. The van der Waals surface area contributed by atoms with Crippen LogP contribution in [0.2, 0.25) is 0 Å². The van der Waals surface area contributed by atoms with Crippen molar-refractivity contribution in [1.29, 1.82) is 0 Å². The molecular weight excluding hydrogens is 510 g/mol. The number of hydrogen-bond donors (Lipinski definition) is 3. The second-order valence-electron chi connectivity index (χ2n) is 10.2. The maximum absolute atomic E-state index is 13.9. The SMILES string of the molecule is CCCN(CCC)c1cc(CC(=O)NC(Cc2cc(F)cc(F)c2)C(O)CNCc2cccc(CC)c2)ccn1. The Labute approximate surface area is 236 Å². The smallest absolute Gasteiger partial charge is 0.224 e. The number of aryl methyl sites for hydroxylation is 1. The predicted molar refractivity (Wildman–Crippen MR) is 156 cm³/mol. The van der Waals surface area contributed by atoms with Gasteiger partial charge in [0.25, 0.3) is 0 Å². The van der Waals surface area contributed by atoms with Crippen molar-refractivity contribution in [2.45, 2.75) is 71.6 Å². The molecule has 0 fully saturated rings. The van der Waals surface area contributed by atoms with Crippen molar-refractivity contribution < 1.29 is 18.7 Å². The topological polar surface area (TPSA) is 77.5 Å². The Hall–Kier alpha value is -3.36. The minimum atomic E-state index is -0.984. The molecule has 0 aliphatic rings. The van der Waals surface area contributed by atoms with Gasteiger partial charge in [-0.2, -0.15) is 0 Å². The number of carbonyl (C=O) groups is 1. The van der Waals surface area contributed by atoms with Crippen LogP contribution in [0.1, 0.15) is 55.9 Å². The van der Waals surface area contributed by atoms with Gasteiger partial charge in [-0.1, -0.05) is 45.0 Å². The van der Waals surface area contributed by atoms with E-state index in [-0.39, 0.29) is 25.3 Å². The number of hydrogen-bond acceptors (Lipinski definition) is 5. The van der Waals surface area contributed by atoms with Crippen molar-refractivity contribution in [1.82, 2.24) is 15.6 Å². The van der Waals surface area contributed by atoms with Crippen LogP contribution in [0.25, 0.3) is 0 Å². The highest BCUT2D eigenvalue weighted by Gasteiger charge is 2.23. The van der Waals surface area contributed by atoms with E-state index in [0.717, 1.165) is 55.4 Å². The van der Waals surface area contributed by atoms with Crippen LogP contribution in [-0.4, -0.2) is 47.8 Å². The highest BCUT2D eigenvalue weighted by molar-refractivity contribution is 5.79. The number of carbonyl (C=O) groups excluding carboxylic acids is 1. The number of aliphatic hydroxyl groups excluding tert-OH is 1. The molecule has 0 saturated heterocycles. The first-order chi connectivity index (χ1) is 19.3. The zero-order valence-corrected chi connectivity index (χ0v) is 23.8. The van der Waals surface area contributed by atoms with Gasteiger partial charge in [0.15, 0.2) is 0 Å². The molecule has 0 spiro atoms. The van der Waals surface area contributed by atoms with Crippen LogP contribution < -0.4 is 15.5 Å². The minimum absolute atomic E-state index is 0.0803.